The first kappa shape index (κ1) is 28.1. The second kappa shape index (κ2) is 11.2. The molecule has 0 unspecified atom stereocenters. The van der Waals surface area contributed by atoms with Gasteiger partial charge in [-0.1, -0.05) is 24.3 Å². The highest BCUT2D eigenvalue weighted by atomic mass is 32.2. The Morgan fingerprint density at radius 1 is 1.00 bits per heavy atom. The van der Waals surface area contributed by atoms with Crippen molar-refractivity contribution in [1.29, 1.82) is 0 Å². The Morgan fingerprint density at radius 3 is 2.41 bits per heavy atom. The molecule has 3 heterocycles. The molecule has 1 fully saturated rings. The molecule has 0 bridgehead atoms. The molecular formula is C29H32N6O5S. The van der Waals surface area contributed by atoms with Crippen LogP contribution in [-0.2, 0) is 10.0 Å². The largest absolute Gasteiger partial charge is 0.496 e. The van der Waals surface area contributed by atoms with E-state index < -0.39 is 16.1 Å². The van der Waals surface area contributed by atoms with Gasteiger partial charge in [0.25, 0.3) is 5.91 Å². The van der Waals surface area contributed by atoms with E-state index in [1.165, 1.54) is 9.21 Å². The van der Waals surface area contributed by atoms with Crippen LogP contribution in [0.1, 0.15) is 10.4 Å². The van der Waals surface area contributed by atoms with Gasteiger partial charge in [0, 0.05) is 74.7 Å². The highest BCUT2D eigenvalue weighted by Gasteiger charge is 2.27. The van der Waals surface area contributed by atoms with Gasteiger partial charge in [-0.25, -0.2) is 18.2 Å². The first-order valence-electron chi connectivity index (χ1n) is 13.0. The molecule has 5 rings (SSSR count). The normalized spacial score (nSPS) is 14.2. The number of hydrogen-bond donors (Lipinski definition) is 2. The molecule has 2 aromatic carbocycles. The number of anilines is 1. The number of pyridine rings is 1. The number of fused-ring (bicyclic) bond motifs is 1. The minimum absolute atomic E-state index is 0.222. The van der Waals surface area contributed by atoms with Gasteiger partial charge < -0.3 is 24.8 Å². The number of piperazine rings is 1. The van der Waals surface area contributed by atoms with Crippen molar-refractivity contribution >= 4 is 38.7 Å². The van der Waals surface area contributed by atoms with Crippen LogP contribution in [0.2, 0.25) is 0 Å². The molecule has 2 N–H and O–H groups in total. The van der Waals surface area contributed by atoms with E-state index in [4.69, 9.17) is 4.74 Å². The number of nitrogens with zero attached hydrogens (tertiary/aromatic N) is 4. The standard InChI is InChI=1S/C29H32N6O5S/c1-33(2)28(36)23-15-19(9-10-25(23)32-29(37)34-11-13-35(14-12-34)41(4,38)39)20-16-22-24(18-31-27(22)30-17-20)21-7-5-6-8-26(21)40-3/h5-10,15-18H,11-14H2,1-4H3,(H,30,31)(H,32,37). The molecule has 41 heavy (non-hydrogen) atoms. The van der Waals surface area contributed by atoms with Gasteiger partial charge in [-0.3, -0.25) is 4.79 Å². The zero-order valence-corrected chi connectivity index (χ0v) is 24.2. The van der Waals surface area contributed by atoms with Crippen molar-refractivity contribution in [1.82, 2.24) is 24.1 Å². The third-order valence-electron chi connectivity index (χ3n) is 7.15. The first-order valence-corrected chi connectivity index (χ1v) is 14.9. The van der Waals surface area contributed by atoms with Gasteiger partial charge >= 0.3 is 6.03 Å². The lowest BCUT2D eigenvalue weighted by molar-refractivity contribution is 0.0828. The zero-order valence-electron chi connectivity index (χ0n) is 23.3. The average Bonchev–Trinajstić information content (AvgIpc) is 3.39. The number of H-pyrrole nitrogens is 1. The van der Waals surface area contributed by atoms with Crippen molar-refractivity contribution in [3.63, 3.8) is 0 Å². The molecule has 2 aromatic heterocycles. The topological polar surface area (TPSA) is 128 Å². The van der Waals surface area contributed by atoms with E-state index in [2.05, 4.69) is 15.3 Å². The van der Waals surface area contributed by atoms with Gasteiger partial charge in [0.2, 0.25) is 10.0 Å². The summed E-state index contributed by atoms with van der Waals surface area (Å²) < 4.78 is 30.5. The van der Waals surface area contributed by atoms with Gasteiger partial charge in [0.05, 0.1) is 24.6 Å². The second-order valence-corrected chi connectivity index (χ2v) is 12.0. The van der Waals surface area contributed by atoms with E-state index in [1.54, 1.807) is 44.4 Å². The average molecular weight is 577 g/mol. The number of benzene rings is 2. The number of carbonyl (C=O) groups is 2. The summed E-state index contributed by atoms with van der Waals surface area (Å²) in [5.74, 6) is 0.477. The molecule has 214 valence electrons. The smallest absolute Gasteiger partial charge is 0.321 e. The van der Waals surface area contributed by atoms with Crippen molar-refractivity contribution in [2.75, 3.05) is 59.0 Å². The van der Waals surface area contributed by atoms with Crippen LogP contribution >= 0.6 is 0 Å². The Morgan fingerprint density at radius 2 is 1.73 bits per heavy atom. The molecule has 0 aliphatic carbocycles. The van der Waals surface area contributed by atoms with E-state index >= 15 is 0 Å². The summed E-state index contributed by atoms with van der Waals surface area (Å²) in [6.07, 6.45) is 4.80. The Hall–Kier alpha value is -4.42. The number of carbonyl (C=O) groups excluding carboxylic acids is 2. The summed E-state index contributed by atoms with van der Waals surface area (Å²) in [6.45, 7) is 0.954. The fourth-order valence-corrected chi connectivity index (χ4v) is 5.75. The molecule has 12 heteroatoms. The Balaban J connectivity index is 1.46. The number of rotatable bonds is 6. The highest BCUT2D eigenvalue weighted by Crippen LogP contribution is 2.36. The van der Waals surface area contributed by atoms with Crippen molar-refractivity contribution in [2.45, 2.75) is 0 Å². The molecule has 0 saturated carbocycles. The lowest BCUT2D eigenvalue weighted by Gasteiger charge is -2.33. The minimum atomic E-state index is -3.31. The molecule has 1 aliphatic heterocycles. The molecule has 1 aliphatic rings. The van der Waals surface area contributed by atoms with Crippen LogP contribution in [0.5, 0.6) is 5.75 Å². The summed E-state index contributed by atoms with van der Waals surface area (Å²) in [6, 6.07) is 14.7. The number of sulfonamides is 1. The number of hydrogen-bond acceptors (Lipinski definition) is 6. The highest BCUT2D eigenvalue weighted by molar-refractivity contribution is 7.88. The van der Waals surface area contributed by atoms with Gasteiger partial charge in [-0.05, 0) is 29.8 Å². The maximum Gasteiger partial charge on any atom is 0.321 e. The SMILES string of the molecule is COc1ccccc1-c1c[nH]c2ncc(-c3ccc(NC(=O)N4CCN(S(C)(=O)=O)CC4)c(C(=O)N(C)C)c3)cc12. The molecule has 11 nitrogen and oxygen atoms in total. The van der Waals surface area contributed by atoms with E-state index in [1.807, 2.05) is 42.6 Å². The van der Waals surface area contributed by atoms with E-state index in [0.29, 0.717) is 11.3 Å². The van der Waals surface area contributed by atoms with E-state index in [0.717, 1.165) is 45.3 Å². The molecule has 0 atom stereocenters. The van der Waals surface area contributed by atoms with Crippen LogP contribution in [0.25, 0.3) is 33.3 Å². The molecular weight excluding hydrogens is 544 g/mol. The van der Waals surface area contributed by atoms with Crippen LogP contribution in [0, 0.1) is 0 Å². The number of aromatic nitrogens is 2. The quantitative estimate of drug-likeness (QED) is 0.360. The summed E-state index contributed by atoms with van der Waals surface area (Å²) >= 11 is 0. The molecule has 3 amide bonds. The van der Waals surface area contributed by atoms with Gasteiger partial charge in [-0.2, -0.15) is 4.31 Å². The first-order chi connectivity index (χ1) is 19.6. The van der Waals surface area contributed by atoms with Crippen LogP contribution in [-0.4, -0.2) is 98.1 Å². The van der Waals surface area contributed by atoms with Gasteiger partial charge in [-0.15, -0.1) is 0 Å². The Labute approximate surface area is 238 Å². The van der Waals surface area contributed by atoms with Crippen molar-refractivity contribution in [3.8, 4) is 28.0 Å². The minimum Gasteiger partial charge on any atom is -0.496 e. The monoisotopic (exact) mass is 576 g/mol. The third-order valence-corrected chi connectivity index (χ3v) is 8.46. The van der Waals surface area contributed by atoms with Crippen LogP contribution < -0.4 is 10.1 Å². The summed E-state index contributed by atoms with van der Waals surface area (Å²) in [4.78, 5) is 37.1. The van der Waals surface area contributed by atoms with Crippen LogP contribution in [0.3, 0.4) is 0 Å². The van der Waals surface area contributed by atoms with Crippen LogP contribution in [0.15, 0.2) is 60.9 Å². The fraction of sp³-hybridized carbons (Fsp3) is 0.276. The number of aromatic amines is 1. The lowest BCUT2D eigenvalue weighted by Crippen LogP contribution is -2.51. The van der Waals surface area contributed by atoms with E-state index in [9.17, 15) is 18.0 Å². The van der Waals surface area contributed by atoms with Crippen molar-refractivity contribution in [2.24, 2.45) is 0 Å². The summed E-state index contributed by atoms with van der Waals surface area (Å²) in [5.41, 5.74) is 4.85. The fourth-order valence-electron chi connectivity index (χ4n) is 4.92. The maximum atomic E-state index is 13.2. The molecule has 0 spiro atoms. The summed E-state index contributed by atoms with van der Waals surface area (Å²) in [5, 5.41) is 3.76. The predicted molar refractivity (Wildman–Crippen MR) is 159 cm³/mol. The van der Waals surface area contributed by atoms with Crippen LogP contribution in [0.4, 0.5) is 10.5 Å². The zero-order chi connectivity index (χ0) is 29.3. The Kier molecular flexibility index (Phi) is 7.70. The maximum absolute atomic E-state index is 13.2. The third kappa shape index (κ3) is 5.74. The Bertz CT molecular complexity index is 1720. The van der Waals surface area contributed by atoms with Gasteiger partial charge in [0.1, 0.15) is 11.4 Å². The lowest BCUT2D eigenvalue weighted by atomic mass is 9.99. The number of ether oxygens (including phenoxy) is 1. The van der Waals surface area contributed by atoms with Gasteiger partial charge in [0.15, 0.2) is 0 Å². The number of nitrogens with one attached hydrogen (secondary N) is 2. The molecule has 4 aromatic rings. The van der Waals surface area contributed by atoms with Crippen molar-refractivity contribution < 1.29 is 22.7 Å². The predicted octanol–water partition coefficient (Wildman–Crippen LogP) is 3.72. The molecule has 1 saturated heterocycles. The number of para-hydroxylation sites is 1. The second-order valence-electron chi connectivity index (χ2n) is 10.1. The molecule has 0 radical (unpaired) electrons. The number of methoxy groups -OCH3 is 1. The van der Waals surface area contributed by atoms with Crippen molar-refractivity contribution in [3.05, 3.63) is 66.5 Å². The number of urea groups is 1. The van der Waals surface area contributed by atoms with E-state index in [-0.39, 0.29) is 32.1 Å². The summed E-state index contributed by atoms with van der Waals surface area (Å²) in [7, 11) is 1.62. The number of amides is 3.